The number of halogens is 1. The van der Waals surface area contributed by atoms with Gasteiger partial charge in [-0.1, -0.05) is 18.2 Å². The maximum absolute atomic E-state index is 14.5. The number of aliphatic hydroxyl groups is 1. The van der Waals surface area contributed by atoms with Gasteiger partial charge >= 0.3 is 0 Å². The van der Waals surface area contributed by atoms with Crippen molar-refractivity contribution in [3.63, 3.8) is 0 Å². The number of nitrogens with zero attached hydrogens (tertiary/aromatic N) is 2. The summed E-state index contributed by atoms with van der Waals surface area (Å²) in [6.07, 6.45) is 3.75. The Morgan fingerprint density at radius 3 is 2.91 bits per heavy atom. The highest BCUT2D eigenvalue weighted by atomic mass is 19.1. The number of phenolic OH excluding ortho intramolecular Hbond substituents is 1. The number of carbonyl (C=O) groups is 1. The lowest BCUT2D eigenvalue weighted by atomic mass is 9.48. The second-order valence-corrected chi connectivity index (χ2v) is 10.4. The summed E-state index contributed by atoms with van der Waals surface area (Å²) in [4.78, 5) is 17.4. The van der Waals surface area contributed by atoms with Crippen LogP contribution in [0.2, 0.25) is 0 Å². The summed E-state index contributed by atoms with van der Waals surface area (Å²) in [7, 11) is 0. The number of benzene rings is 2. The predicted molar refractivity (Wildman–Crippen MR) is 122 cm³/mol. The third kappa shape index (κ3) is 2.20. The molecule has 7 heteroatoms. The number of amides is 1. The second kappa shape index (κ2) is 6.61. The Labute approximate surface area is 197 Å². The minimum Gasteiger partial charge on any atom is -0.504 e. The number of hydrogen-bond acceptors (Lipinski definition) is 5. The number of aromatic hydroxyl groups is 1. The van der Waals surface area contributed by atoms with E-state index in [0.717, 1.165) is 17.7 Å². The van der Waals surface area contributed by atoms with Gasteiger partial charge < -0.3 is 19.8 Å². The topological polar surface area (TPSA) is 73.2 Å². The minimum absolute atomic E-state index is 0.0673. The average Bonchev–Trinajstić information content (AvgIpc) is 3.34. The molecule has 1 amide bonds. The summed E-state index contributed by atoms with van der Waals surface area (Å²) < 4.78 is 21.1. The van der Waals surface area contributed by atoms with Gasteiger partial charge in [-0.25, -0.2) is 4.39 Å². The zero-order valence-corrected chi connectivity index (χ0v) is 18.8. The van der Waals surface area contributed by atoms with Crippen LogP contribution in [0.15, 0.2) is 43.0 Å². The van der Waals surface area contributed by atoms with Gasteiger partial charge in [-0.3, -0.25) is 9.69 Å². The predicted octanol–water partition coefficient (Wildman–Crippen LogP) is 2.90. The van der Waals surface area contributed by atoms with E-state index in [9.17, 15) is 19.4 Å². The molecule has 2 N–H and O–H groups in total. The van der Waals surface area contributed by atoms with E-state index in [2.05, 4.69) is 11.5 Å². The largest absolute Gasteiger partial charge is 0.504 e. The summed E-state index contributed by atoms with van der Waals surface area (Å²) in [6, 6.07) is 7.82. The van der Waals surface area contributed by atoms with E-state index < -0.39 is 17.1 Å². The Hall–Kier alpha value is -2.90. The molecule has 5 atom stereocenters. The van der Waals surface area contributed by atoms with Crippen LogP contribution in [0.4, 0.5) is 4.39 Å². The number of fused-ring (bicyclic) bond motifs is 1. The van der Waals surface area contributed by atoms with Crippen LogP contribution in [0.3, 0.4) is 0 Å². The number of rotatable bonds is 3. The van der Waals surface area contributed by atoms with Gasteiger partial charge in [0, 0.05) is 29.3 Å². The van der Waals surface area contributed by atoms with E-state index in [1.54, 1.807) is 23.1 Å². The summed E-state index contributed by atoms with van der Waals surface area (Å²) in [5.41, 5.74) is 1.04. The zero-order valence-electron chi connectivity index (χ0n) is 18.8. The van der Waals surface area contributed by atoms with Crippen LogP contribution >= 0.6 is 0 Å². The van der Waals surface area contributed by atoms with E-state index in [1.165, 1.54) is 6.07 Å². The molecule has 176 valence electrons. The monoisotopic (exact) mass is 462 g/mol. The van der Waals surface area contributed by atoms with Crippen LogP contribution in [0, 0.1) is 5.82 Å². The molecular weight excluding hydrogens is 435 g/mol. The highest BCUT2D eigenvalue weighted by molar-refractivity contribution is 5.98. The van der Waals surface area contributed by atoms with Gasteiger partial charge in [0.05, 0.1) is 23.6 Å². The SMILES string of the molecule is C=CCN1CC[C@]23c4c5ccc(O)c4O[C@H]2[C@H](N2Cc4c(F)cccc4C2=O)CC[C@@]3(O)[C@@H]1C5. The third-order valence-electron chi connectivity index (χ3n) is 9.24. The van der Waals surface area contributed by atoms with Crippen molar-refractivity contribution in [2.75, 3.05) is 13.1 Å². The molecule has 34 heavy (non-hydrogen) atoms. The molecule has 3 aliphatic heterocycles. The molecule has 2 aliphatic carbocycles. The Kier molecular flexibility index (Phi) is 3.98. The van der Waals surface area contributed by atoms with Gasteiger partial charge in [0.2, 0.25) is 0 Å². The molecule has 5 aliphatic rings. The summed E-state index contributed by atoms with van der Waals surface area (Å²) in [5, 5.41) is 23.2. The number of piperidine rings is 1. The smallest absolute Gasteiger partial charge is 0.254 e. The quantitative estimate of drug-likeness (QED) is 0.687. The Balaban J connectivity index is 1.38. The normalized spacial score (nSPS) is 35.1. The maximum atomic E-state index is 14.5. The second-order valence-electron chi connectivity index (χ2n) is 10.4. The fourth-order valence-electron chi connectivity index (χ4n) is 7.89. The summed E-state index contributed by atoms with van der Waals surface area (Å²) in [5.74, 6) is -0.0527. The number of likely N-dealkylation sites (tertiary alicyclic amines) is 1. The van der Waals surface area contributed by atoms with Gasteiger partial charge in [0.15, 0.2) is 11.5 Å². The van der Waals surface area contributed by atoms with Crippen molar-refractivity contribution in [3.8, 4) is 11.5 Å². The first-order chi connectivity index (χ1) is 16.4. The van der Waals surface area contributed by atoms with Crippen molar-refractivity contribution < 1.29 is 24.1 Å². The number of hydrogen-bond donors (Lipinski definition) is 2. The highest BCUT2D eigenvalue weighted by Gasteiger charge is 2.73. The number of ether oxygens (including phenoxy) is 1. The average molecular weight is 463 g/mol. The van der Waals surface area contributed by atoms with Crippen LogP contribution in [0.1, 0.15) is 46.3 Å². The van der Waals surface area contributed by atoms with Crippen LogP contribution in [-0.2, 0) is 18.4 Å². The number of phenols is 1. The van der Waals surface area contributed by atoms with Crippen molar-refractivity contribution in [2.45, 2.75) is 61.4 Å². The van der Waals surface area contributed by atoms with Crippen molar-refractivity contribution in [1.82, 2.24) is 9.80 Å². The lowest BCUT2D eigenvalue weighted by molar-refractivity contribution is -0.196. The fourth-order valence-corrected chi connectivity index (χ4v) is 7.89. The van der Waals surface area contributed by atoms with Crippen LogP contribution < -0.4 is 4.74 Å². The van der Waals surface area contributed by atoms with Gasteiger partial charge in [-0.05, 0) is 56.0 Å². The molecule has 2 bridgehead atoms. The summed E-state index contributed by atoms with van der Waals surface area (Å²) >= 11 is 0. The maximum Gasteiger partial charge on any atom is 0.254 e. The molecule has 1 saturated carbocycles. The molecular formula is C27H27FN2O4. The Morgan fingerprint density at radius 1 is 1.26 bits per heavy atom. The Bertz CT molecular complexity index is 1260. The third-order valence-corrected chi connectivity index (χ3v) is 9.24. The van der Waals surface area contributed by atoms with Crippen LogP contribution in [-0.4, -0.2) is 62.8 Å². The molecule has 1 saturated heterocycles. The Morgan fingerprint density at radius 2 is 2.12 bits per heavy atom. The van der Waals surface area contributed by atoms with Crippen molar-refractivity contribution in [2.24, 2.45) is 0 Å². The molecule has 1 spiro atoms. The van der Waals surface area contributed by atoms with Gasteiger partial charge in [-0.15, -0.1) is 6.58 Å². The fraction of sp³-hybridized carbons (Fsp3) is 0.444. The molecule has 0 aromatic heterocycles. The molecule has 6 nitrogen and oxygen atoms in total. The van der Waals surface area contributed by atoms with E-state index in [-0.39, 0.29) is 36.1 Å². The lowest BCUT2D eigenvalue weighted by Crippen LogP contribution is -2.78. The molecule has 2 aromatic carbocycles. The molecule has 7 rings (SSSR count). The first kappa shape index (κ1) is 20.5. The first-order valence-corrected chi connectivity index (χ1v) is 12.1. The van der Waals surface area contributed by atoms with Crippen LogP contribution in [0.5, 0.6) is 11.5 Å². The van der Waals surface area contributed by atoms with Crippen molar-refractivity contribution in [1.29, 1.82) is 0 Å². The highest BCUT2D eigenvalue weighted by Crippen LogP contribution is 2.66. The molecule has 0 radical (unpaired) electrons. The number of carbonyl (C=O) groups excluding carboxylic acids is 1. The van der Waals surface area contributed by atoms with Crippen molar-refractivity contribution >= 4 is 5.91 Å². The van der Waals surface area contributed by atoms with Crippen LogP contribution in [0.25, 0.3) is 0 Å². The molecule has 0 unspecified atom stereocenters. The standard InChI is InChI=1S/C27H27FN2O4/c1-2-11-29-12-10-26-22-15-6-7-20(31)23(22)34-24(26)19(8-9-27(26,33)21(29)13-15)30-14-17-16(25(30)32)4-3-5-18(17)28/h2-7,19,21,24,31,33H,1,8-14H2/t19-,21+,24+,26+,27-/m1/s1. The van der Waals surface area contributed by atoms with E-state index in [4.69, 9.17) is 4.74 Å². The lowest BCUT2D eigenvalue weighted by Gasteiger charge is -2.64. The summed E-state index contributed by atoms with van der Waals surface area (Å²) in [6.45, 7) is 5.56. The van der Waals surface area contributed by atoms with Gasteiger partial charge in [-0.2, -0.15) is 0 Å². The van der Waals surface area contributed by atoms with E-state index >= 15 is 0 Å². The molecule has 2 fully saturated rings. The zero-order chi connectivity index (χ0) is 23.4. The van der Waals surface area contributed by atoms with Gasteiger partial charge in [0.25, 0.3) is 5.91 Å². The first-order valence-electron chi connectivity index (χ1n) is 12.1. The molecule has 2 aromatic rings. The van der Waals surface area contributed by atoms with E-state index in [0.29, 0.717) is 49.1 Å². The van der Waals surface area contributed by atoms with Crippen molar-refractivity contribution in [3.05, 3.63) is 71.1 Å². The van der Waals surface area contributed by atoms with E-state index in [1.807, 2.05) is 12.1 Å². The van der Waals surface area contributed by atoms with Gasteiger partial charge in [0.1, 0.15) is 11.9 Å². The minimum atomic E-state index is -1.05. The molecule has 3 heterocycles.